The molecule has 0 fully saturated rings. The molecular formula is C12H26N2O2S. The number of carbonyl (C=O) groups is 1. The number of rotatable bonds is 10. The maximum atomic E-state index is 11.7. The highest BCUT2D eigenvalue weighted by Gasteiger charge is 2.18. The molecule has 1 atom stereocenters. The Morgan fingerprint density at radius 2 is 2.18 bits per heavy atom. The first-order valence-electron chi connectivity index (χ1n) is 6.15. The van der Waals surface area contributed by atoms with Gasteiger partial charge in [-0.15, -0.1) is 0 Å². The van der Waals surface area contributed by atoms with Gasteiger partial charge in [-0.05, 0) is 45.9 Å². The molecule has 1 unspecified atom stereocenters. The second-order valence-corrected chi connectivity index (χ2v) is 5.18. The van der Waals surface area contributed by atoms with E-state index in [0.717, 1.165) is 31.7 Å². The molecular weight excluding hydrogens is 236 g/mol. The van der Waals surface area contributed by atoms with E-state index in [1.165, 1.54) is 0 Å². The van der Waals surface area contributed by atoms with Crippen LogP contribution in [0.5, 0.6) is 0 Å². The van der Waals surface area contributed by atoms with Gasteiger partial charge in [0.15, 0.2) is 0 Å². The van der Waals surface area contributed by atoms with Gasteiger partial charge in [0.2, 0.25) is 0 Å². The molecule has 0 aliphatic rings. The van der Waals surface area contributed by atoms with Crippen LogP contribution in [0.2, 0.25) is 0 Å². The Labute approximate surface area is 109 Å². The number of esters is 1. The lowest BCUT2D eigenvalue weighted by molar-refractivity contribution is -0.145. The number of likely N-dealkylation sites (N-methyl/N-ethyl adjacent to an activating group) is 1. The van der Waals surface area contributed by atoms with Gasteiger partial charge in [0.25, 0.3) is 0 Å². The van der Waals surface area contributed by atoms with Crippen molar-refractivity contribution in [2.75, 3.05) is 45.8 Å². The predicted molar refractivity (Wildman–Crippen MR) is 74.6 cm³/mol. The summed E-state index contributed by atoms with van der Waals surface area (Å²) in [5.74, 6) is 0.970. The molecule has 0 aliphatic carbocycles. The summed E-state index contributed by atoms with van der Waals surface area (Å²) in [6, 6.07) is -0.151. The first-order chi connectivity index (χ1) is 8.11. The third-order valence-corrected chi connectivity index (χ3v) is 3.06. The van der Waals surface area contributed by atoms with Crippen LogP contribution in [0, 0.1) is 0 Å². The number of hydrogen-bond donors (Lipinski definition) is 1. The molecule has 0 saturated heterocycles. The summed E-state index contributed by atoms with van der Waals surface area (Å²) in [5, 5.41) is 3.27. The van der Waals surface area contributed by atoms with Crippen molar-refractivity contribution in [3.8, 4) is 0 Å². The van der Waals surface area contributed by atoms with Crippen LogP contribution in [0.3, 0.4) is 0 Å². The Hall–Kier alpha value is -0.260. The van der Waals surface area contributed by atoms with Gasteiger partial charge in [-0.3, -0.25) is 4.79 Å². The van der Waals surface area contributed by atoms with Gasteiger partial charge in [0, 0.05) is 13.1 Å². The van der Waals surface area contributed by atoms with E-state index in [2.05, 4.69) is 16.5 Å². The van der Waals surface area contributed by atoms with Crippen LogP contribution >= 0.6 is 11.8 Å². The number of ether oxygens (including phenoxy) is 1. The topological polar surface area (TPSA) is 41.6 Å². The van der Waals surface area contributed by atoms with Crippen molar-refractivity contribution in [3.63, 3.8) is 0 Å². The van der Waals surface area contributed by atoms with E-state index >= 15 is 0 Å². The van der Waals surface area contributed by atoms with E-state index in [4.69, 9.17) is 4.74 Å². The van der Waals surface area contributed by atoms with Crippen LogP contribution in [0.15, 0.2) is 0 Å². The van der Waals surface area contributed by atoms with Crippen molar-refractivity contribution < 1.29 is 9.53 Å². The molecule has 0 rings (SSSR count). The first kappa shape index (κ1) is 16.7. The molecule has 0 spiro atoms. The number of hydrogen-bond acceptors (Lipinski definition) is 5. The molecule has 0 aromatic rings. The van der Waals surface area contributed by atoms with Crippen molar-refractivity contribution in [1.29, 1.82) is 0 Å². The van der Waals surface area contributed by atoms with Gasteiger partial charge in [-0.1, -0.05) is 0 Å². The largest absolute Gasteiger partial charge is 0.465 e. The Morgan fingerprint density at radius 3 is 2.71 bits per heavy atom. The molecule has 4 nitrogen and oxygen atoms in total. The maximum absolute atomic E-state index is 11.7. The zero-order chi connectivity index (χ0) is 13.1. The minimum absolute atomic E-state index is 0.118. The van der Waals surface area contributed by atoms with E-state index < -0.39 is 0 Å². The van der Waals surface area contributed by atoms with E-state index in [0.29, 0.717) is 6.61 Å². The molecule has 0 amide bonds. The second-order valence-electron chi connectivity index (χ2n) is 4.20. The monoisotopic (exact) mass is 262 g/mol. The van der Waals surface area contributed by atoms with Crippen molar-refractivity contribution in [2.45, 2.75) is 25.8 Å². The lowest BCUT2D eigenvalue weighted by atomic mass is 10.1. The Bertz CT molecular complexity index is 201. The van der Waals surface area contributed by atoms with Crippen LogP contribution < -0.4 is 5.32 Å². The molecule has 0 aromatic heterocycles. The molecule has 0 radical (unpaired) electrons. The molecule has 0 aromatic carbocycles. The highest BCUT2D eigenvalue weighted by Crippen LogP contribution is 2.04. The molecule has 0 bridgehead atoms. The van der Waals surface area contributed by atoms with Crippen molar-refractivity contribution in [2.24, 2.45) is 0 Å². The normalized spacial score (nSPS) is 12.8. The molecule has 5 heteroatoms. The van der Waals surface area contributed by atoms with Gasteiger partial charge < -0.3 is 15.0 Å². The molecule has 17 heavy (non-hydrogen) atoms. The molecule has 102 valence electrons. The second kappa shape index (κ2) is 10.9. The fourth-order valence-corrected chi connectivity index (χ4v) is 1.90. The molecule has 1 N–H and O–H groups in total. The predicted octanol–water partition coefficient (Wildman–Crippen LogP) is 1.21. The lowest BCUT2D eigenvalue weighted by Gasteiger charge is -2.18. The van der Waals surface area contributed by atoms with Gasteiger partial charge in [-0.2, -0.15) is 11.8 Å². The van der Waals surface area contributed by atoms with Crippen LogP contribution in [0.25, 0.3) is 0 Å². The summed E-state index contributed by atoms with van der Waals surface area (Å²) < 4.78 is 5.07. The number of carbonyl (C=O) groups excluding carboxylic acids is 1. The third-order valence-electron chi connectivity index (χ3n) is 2.36. The average Bonchev–Trinajstić information content (AvgIpc) is 2.27. The van der Waals surface area contributed by atoms with E-state index in [9.17, 15) is 4.79 Å². The zero-order valence-corrected chi connectivity index (χ0v) is 12.3. The van der Waals surface area contributed by atoms with E-state index in [-0.39, 0.29) is 12.0 Å². The van der Waals surface area contributed by atoms with Crippen LogP contribution in [-0.2, 0) is 9.53 Å². The van der Waals surface area contributed by atoms with Gasteiger partial charge >= 0.3 is 5.97 Å². The van der Waals surface area contributed by atoms with Gasteiger partial charge in [0.05, 0.1) is 6.61 Å². The minimum Gasteiger partial charge on any atom is -0.465 e. The van der Waals surface area contributed by atoms with Crippen molar-refractivity contribution >= 4 is 17.7 Å². The van der Waals surface area contributed by atoms with Crippen molar-refractivity contribution in [3.05, 3.63) is 0 Å². The number of nitrogens with one attached hydrogen (secondary N) is 1. The fraction of sp³-hybridized carbons (Fsp3) is 0.917. The summed E-state index contributed by atoms with van der Waals surface area (Å²) in [6.07, 6.45) is 3.98. The summed E-state index contributed by atoms with van der Waals surface area (Å²) in [4.78, 5) is 13.8. The quantitative estimate of drug-likeness (QED) is 0.473. The highest BCUT2D eigenvalue weighted by molar-refractivity contribution is 7.98. The van der Waals surface area contributed by atoms with Crippen molar-refractivity contribution in [1.82, 2.24) is 10.2 Å². The SMILES string of the molecule is CCOC(=O)C(CCCSC)NCCN(C)C. The summed E-state index contributed by atoms with van der Waals surface area (Å²) in [7, 11) is 4.05. The summed E-state index contributed by atoms with van der Waals surface area (Å²) in [6.45, 7) is 4.04. The third kappa shape index (κ3) is 9.44. The summed E-state index contributed by atoms with van der Waals surface area (Å²) >= 11 is 1.81. The fourth-order valence-electron chi connectivity index (χ4n) is 1.44. The van der Waals surface area contributed by atoms with Crippen LogP contribution in [-0.4, -0.2) is 62.7 Å². The van der Waals surface area contributed by atoms with Gasteiger partial charge in [-0.25, -0.2) is 0 Å². The molecule has 0 saturated carbocycles. The molecule has 0 aliphatic heterocycles. The Kier molecular flexibility index (Phi) is 10.7. The smallest absolute Gasteiger partial charge is 0.323 e. The first-order valence-corrected chi connectivity index (χ1v) is 7.54. The average molecular weight is 262 g/mol. The standard InChI is InChI=1S/C12H26N2O2S/c1-5-16-12(15)11(7-6-10-17-4)13-8-9-14(2)3/h11,13H,5-10H2,1-4H3. The maximum Gasteiger partial charge on any atom is 0.323 e. The van der Waals surface area contributed by atoms with Gasteiger partial charge in [0.1, 0.15) is 6.04 Å². The molecule has 0 heterocycles. The van der Waals surface area contributed by atoms with Crippen LogP contribution in [0.1, 0.15) is 19.8 Å². The number of thioether (sulfide) groups is 1. The van der Waals surface area contributed by atoms with E-state index in [1.54, 1.807) is 0 Å². The minimum atomic E-state index is -0.151. The highest BCUT2D eigenvalue weighted by atomic mass is 32.2. The van der Waals surface area contributed by atoms with Crippen LogP contribution in [0.4, 0.5) is 0 Å². The Morgan fingerprint density at radius 1 is 1.47 bits per heavy atom. The lowest BCUT2D eigenvalue weighted by Crippen LogP contribution is -2.41. The zero-order valence-electron chi connectivity index (χ0n) is 11.5. The van der Waals surface area contributed by atoms with E-state index in [1.807, 2.05) is 32.8 Å². The number of nitrogens with zero attached hydrogens (tertiary/aromatic N) is 1. The summed E-state index contributed by atoms with van der Waals surface area (Å²) in [5.41, 5.74) is 0. The Balaban J connectivity index is 3.96.